The van der Waals surface area contributed by atoms with Gasteiger partial charge < -0.3 is 9.31 Å². The van der Waals surface area contributed by atoms with Gasteiger partial charge in [-0.05, 0) is 51.9 Å². The van der Waals surface area contributed by atoms with Crippen LogP contribution in [0.3, 0.4) is 0 Å². The molecule has 1 saturated carbocycles. The number of nitriles is 1. The SMILES string of the molecule is C=C(B1OC(C)(C)C(C)(C)O1)[C@H](C#N)C1CCCCCC1. The maximum absolute atomic E-state index is 9.64. The van der Waals surface area contributed by atoms with Crippen LogP contribution in [0.4, 0.5) is 0 Å². The molecule has 116 valence electrons. The number of rotatable bonds is 3. The molecule has 0 bridgehead atoms. The van der Waals surface area contributed by atoms with Crippen LogP contribution in [-0.2, 0) is 9.31 Å². The number of hydrogen-bond donors (Lipinski definition) is 0. The molecule has 2 rings (SSSR count). The molecule has 1 saturated heterocycles. The third kappa shape index (κ3) is 3.35. The second-order valence-corrected chi connectivity index (χ2v) is 7.52. The molecule has 4 heteroatoms. The molecule has 0 unspecified atom stereocenters. The highest BCUT2D eigenvalue weighted by atomic mass is 16.7. The molecule has 1 aliphatic carbocycles. The van der Waals surface area contributed by atoms with E-state index in [1.54, 1.807) is 0 Å². The fraction of sp³-hybridized carbons (Fsp3) is 0.824. The molecule has 1 aliphatic heterocycles. The van der Waals surface area contributed by atoms with E-state index >= 15 is 0 Å². The number of hydrogen-bond acceptors (Lipinski definition) is 3. The van der Waals surface area contributed by atoms with Gasteiger partial charge in [0.2, 0.25) is 0 Å². The third-order valence-electron chi connectivity index (χ3n) is 5.47. The molecule has 0 aromatic carbocycles. The standard InChI is InChI=1S/C17H28BNO2/c1-13(18-20-16(2,3)17(4,5)21-18)15(12-19)14-10-8-6-7-9-11-14/h14-15H,1,6-11H2,2-5H3/t15-/m0/s1. The van der Waals surface area contributed by atoms with Crippen LogP contribution in [0, 0.1) is 23.2 Å². The highest BCUT2D eigenvalue weighted by Gasteiger charge is 2.53. The Morgan fingerprint density at radius 3 is 2.00 bits per heavy atom. The van der Waals surface area contributed by atoms with Crippen molar-refractivity contribution in [2.45, 2.75) is 77.4 Å². The first-order chi connectivity index (χ1) is 9.78. The smallest absolute Gasteiger partial charge is 0.400 e. The van der Waals surface area contributed by atoms with Crippen LogP contribution in [0.2, 0.25) is 0 Å². The Kier molecular flexibility index (Phi) is 4.85. The van der Waals surface area contributed by atoms with Crippen molar-refractivity contribution < 1.29 is 9.31 Å². The van der Waals surface area contributed by atoms with E-state index in [1.165, 1.54) is 25.7 Å². The Balaban J connectivity index is 2.09. The molecule has 0 aromatic heterocycles. The number of allylic oxidation sites excluding steroid dienone is 1. The van der Waals surface area contributed by atoms with Crippen molar-refractivity contribution in [2.24, 2.45) is 11.8 Å². The summed E-state index contributed by atoms with van der Waals surface area (Å²) in [7, 11) is -0.456. The van der Waals surface area contributed by atoms with E-state index in [-0.39, 0.29) is 17.1 Å². The van der Waals surface area contributed by atoms with Gasteiger partial charge in [0.15, 0.2) is 0 Å². The van der Waals surface area contributed by atoms with Crippen LogP contribution in [0.15, 0.2) is 12.1 Å². The Labute approximate surface area is 129 Å². The van der Waals surface area contributed by atoms with E-state index < -0.39 is 7.12 Å². The first-order valence-electron chi connectivity index (χ1n) is 8.22. The highest BCUT2D eigenvalue weighted by Crippen LogP contribution is 2.41. The van der Waals surface area contributed by atoms with Crippen LogP contribution in [0.1, 0.15) is 66.2 Å². The first-order valence-corrected chi connectivity index (χ1v) is 8.22. The van der Waals surface area contributed by atoms with Crippen molar-refractivity contribution in [1.82, 2.24) is 0 Å². The summed E-state index contributed by atoms with van der Waals surface area (Å²) < 4.78 is 12.1. The van der Waals surface area contributed by atoms with Crippen molar-refractivity contribution >= 4 is 7.12 Å². The Morgan fingerprint density at radius 1 is 1.10 bits per heavy atom. The third-order valence-corrected chi connectivity index (χ3v) is 5.47. The Hall–Kier alpha value is -0.785. The van der Waals surface area contributed by atoms with Gasteiger partial charge in [-0.3, -0.25) is 0 Å². The average molecular weight is 289 g/mol. The summed E-state index contributed by atoms with van der Waals surface area (Å²) in [6.45, 7) is 12.3. The van der Waals surface area contributed by atoms with Crippen LogP contribution >= 0.6 is 0 Å². The highest BCUT2D eigenvalue weighted by molar-refractivity contribution is 6.54. The van der Waals surface area contributed by atoms with Crippen molar-refractivity contribution in [3.8, 4) is 6.07 Å². The molecule has 0 spiro atoms. The van der Waals surface area contributed by atoms with Crippen LogP contribution in [0.25, 0.3) is 0 Å². The summed E-state index contributed by atoms with van der Waals surface area (Å²) >= 11 is 0. The maximum atomic E-state index is 9.64. The molecule has 3 nitrogen and oxygen atoms in total. The molecule has 0 aromatic rings. The van der Waals surface area contributed by atoms with E-state index in [0.717, 1.165) is 18.3 Å². The molecule has 0 amide bonds. The second-order valence-electron chi connectivity index (χ2n) is 7.52. The second kappa shape index (κ2) is 6.14. The molecule has 21 heavy (non-hydrogen) atoms. The Bertz CT molecular complexity index is 415. The van der Waals surface area contributed by atoms with Crippen molar-refractivity contribution in [2.75, 3.05) is 0 Å². The van der Waals surface area contributed by atoms with E-state index in [1.807, 2.05) is 27.7 Å². The zero-order chi connectivity index (χ0) is 15.7. The van der Waals surface area contributed by atoms with Gasteiger partial charge in [0.05, 0.1) is 23.2 Å². The molecule has 2 aliphatic rings. The van der Waals surface area contributed by atoms with Crippen molar-refractivity contribution in [3.05, 3.63) is 12.1 Å². The van der Waals surface area contributed by atoms with E-state index in [2.05, 4.69) is 12.6 Å². The lowest BCUT2D eigenvalue weighted by Gasteiger charge is -2.32. The summed E-state index contributed by atoms with van der Waals surface area (Å²) in [6.07, 6.45) is 7.27. The molecule has 2 fully saturated rings. The largest absolute Gasteiger partial charge is 0.491 e. The lowest BCUT2D eigenvalue weighted by Crippen LogP contribution is -2.41. The van der Waals surface area contributed by atoms with Gasteiger partial charge in [-0.2, -0.15) is 5.26 Å². The van der Waals surface area contributed by atoms with Gasteiger partial charge in [0, 0.05) is 0 Å². The average Bonchev–Trinajstić information content (AvgIpc) is 2.61. The summed E-state index contributed by atoms with van der Waals surface area (Å²) in [4.78, 5) is 0. The van der Waals surface area contributed by atoms with E-state index in [9.17, 15) is 5.26 Å². The summed E-state index contributed by atoms with van der Waals surface area (Å²) in [5, 5.41) is 9.64. The fourth-order valence-electron chi connectivity index (χ4n) is 3.28. The van der Waals surface area contributed by atoms with Crippen LogP contribution < -0.4 is 0 Å². The van der Waals surface area contributed by atoms with E-state index in [4.69, 9.17) is 9.31 Å². The first kappa shape index (κ1) is 16.6. The molecule has 0 N–H and O–H groups in total. The predicted octanol–water partition coefficient (Wildman–Crippen LogP) is 4.28. The summed E-state index contributed by atoms with van der Waals surface area (Å²) in [5.41, 5.74) is 0.0664. The topological polar surface area (TPSA) is 42.2 Å². The van der Waals surface area contributed by atoms with Gasteiger partial charge >= 0.3 is 7.12 Å². The quantitative estimate of drug-likeness (QED) is 0.575. The van der Waals surface area contributed by atoms with Gasteiger partial charge in [0.25, 0.3) is 0 Å². The zero-order valence-corrected chi connectivity index (χ0v) is 13.9. The van der Waals surface area contributed by atoms with E-state index in [0.29, 0.717) is 5.92 Å². The Morgan fingerprint density at radius 2 is 1.57 bits per heavy atom. The van der Waals surface area contributed by atoms with Crippen molar-refractivity contribution in [1.29, 1.82) is 5.26 Å². The molecular formula is C17H28BNO2. The zero-order valence-electron chi connectivity index (χ0n) is 13.9. The van der Waals surface area contributed by atoms with Crippen LogP contribution in [-0.4, -0.2) is 18.3 Å². The maximum Gasteiger partial charge on any atom is 0.491 e. The monoisotopic (exact) mass is 289 g/mol. The minimum absolute atomic E-state index is 0.155. The lowest BCUT2D eigenvalue weighted by atomic mass is 9.67. The minimum Gasteiger partial charge on any atom is -0.400 e. The number of nitrogens with zero attached hydrogens (tertiary/aromatic N) is 1. The van der Waals surface area contributed by atoms with Gasteiger partial charge in [-0.25, -0.2) is 0 Å². The molecule has 1 atom stereocenters. The van der Waals surface area contributed by atoms with Crippen molar-refractivity contribution in [3.63, 3.8) is 0 Å². The van der Waals surface area contributed by atoms with Gasteiger partial charge in [-0.15, -0.1) is 6.58 Å². The minimum atomic E-state index is -0.456. The summed E-state index contributed by atoms with van der Waals surface area (Å²) in [5.74, 6) is 0.252. The summed E-state index contributed by atoms with van der Waals surface area (Å²) in [6, 6.07) is 2.47. The fourth-order valence-corrected chi connectivity index (χ4v) is 3.28. The van der Waals surface area contributed by atoms with Gasteiger partial charge in [-0.1, -0.05) is 25.7 Å². The molecule has 0 radical (unpaired) electrons. The van der Waals surface area contributed by atoms with Crippen LogP contribution in [0.5, 0.6) is 0 Å². The lowest BCUT2D eigenvalue weighted by molar-refractivity contribution is 0.00578. The predicted molar refractivity (Wildman–Crippen MR) is 85.5 cm³/mol. The normalized spacial score (nSPS) is 26.9. The molecule has 1 heterocycles. The van der Waals surface area contributed by atoms with Gasteiger partial charge in [0.1, 0.15) is 0 Å². The molecular weight excluding hydrogens is 261 g/mol.